The van der Waals surface area contributed by atoms with Crippen molar-refractivity contribution in [3.63, 3.8) is 0 Å². The van der Waals surface area contributed by atoms with Gasteiger partial charge in [0.15, 0.2) is 0 Å². The van der Waals surface area contributed by atoms with Gasteiger partial charge < -0.3 is 18.9 Å². The monoisotopic (exact) mass is 356 g/mol. The van der Waals surface area contributed by atoms with E-state index in [1.165, 1.54) is 0 Å². The first-order valence-electron chi connectivity index (χ1n) is 8.68. The molecule has 5 nitrogen and oxygen atoms in total. The van der Waals surface area contributed by atoms with E-state index in [9.17, 15) is 4.79 Å². The third kappa shape index (κ3) is 4.99. The van der Waals surface area contributed by atoms with E-state index in [1.807, 2.05) is 48.5 Å². The second kappa shape index (κ2) is 8.23. The molecule has 2 aromatic carbocycles. The highest BCUT2D eigenvalue weighted by Gasteiger charge is 2.46. The van der Waals surface area contributed by atoms with Gasteiger partial charge in [0.25, 0.3) is 0 Å². The number of benzene rings is 2. The largest absolute Gasteiger partial charge is 0.497 e. The fourth-order valence-corrected chi connectivity index (χ4v) is 2.67. The van der Waals surface area contributed by atoms with Gasteiger partial charge in [0.2, 0.25) is 0 Å². The van der Waals surface area contributed by atoms with Crippen LogP contribution in [0.5, 0.6) is 11.5 Å². The highest BCUT2D eigenvalue weighted by molar-refractivity contribution is 5.71. The number of esters is 1. The van der Waals surface area contributed by atoms with Gasteiger partial charge >= 0.3 is 5.97 Å². The fourth-order valence-electron chi connectivity index (χ4n) is 2.67. The summed E-state index contributed by atoms with van der Waals surface area (Å²) in [5, 5.41) is 0. The SMILES string of the molecule is COc1ccc(COC(=O)CC2(OCc3ccc(OC)cc3)CC2)cc1. The number of carbonyl (C=O) groups is 1. The normalized spacial score (nSPS) is 14.5. The van der Waals surface area contributed by atoms with Gasteiger partial charge in [0.1, 0.15) is 18.1 Å². The molecule has 1 fully saturated rings. The van der Waals surface area contributed by atoms with E-state index in [0.717, 1.165) is 35.5 Å². The van der Waals surface area contributed by atoms with E-state index in [0.29, 0.717) is 13.0 Å². The molecule has 2 aromatic rings. The summed E-state index contributed by atoms with van der Waals surface area (Å²) in [7, 11) is 3.26. The van der Waals surface area contributed by atoms with E-state index in [-0.39, 0.29) is 18.2 Å². The summed E-state index contributed by atoms with van der Waals surface area (Å²) < 4.78 is 21.6. The number of carbonyl (C=O) groups excluding carboxylic acids is 1. The van der Waals surface area contributed by atoms with Gasteiger partial charge in [0, 0.05) is 0 Å². The molecule has 0 N–H and O–H groups in total. The molecule has 0 saturated heterocycles. The predicted molar refractivity (Wildman–Crippen MR) is 97.2 cm³/mol. The summed E-state index contributed by atoms with van der Waals surface area (Å²) in [5.74, 6) is 1.37. The van der Waals surface area contributed by atoms with Crippen LogP contribution in [-0.2, 0) is 27.5 Å². The summed E-state index contributed by atoms with van der Waals surface area (Å²) >= 11 is 0. The molecular formula is C21H24O5. The molecular weight excluding hydrogens is 332 g/mol. The molecule has 0 atom stereocenters. The second-order valence-corrected chi connectivity index (χ2v) is 6.51. The Morgan fingerprint density at radius 2 is 1.35 bits per heavy atom. The summed E-state index contributed by atoms with van der Waals surface area (Å²) in [4.78, 5) is 12.1. The van der Waals surface area contributed by atoms with Crippen LogP contribution in [-0.4, -0.2) is 25.8 Å². The molecule has 1 saturated carbocycles. The van der Waals surface area contributed by atoms with Crippen molar-refractivity contribution in [1.29, 1.82) is 0 Å². The van der Waals surface area contributed by atoms with Gasteiger partial charge in [0.05, 0.1) is 32.8 Å². The lowest BCUT2D eigenvalue weighted by atomic mass is 10.2. The Morgan fingerprint density at radius 3 is 1.81 bits per heavy atom. The van der Waals surface area contributed by atoms with Crippen molar-refractivity contribution in [2.45, 2.75) is 38.1 Å². The van der Waals surface area contributed by atoms with Crippen molar-refractivity contribution in [3.05, 3.63) is 59.7 Å². The lowest BCUT2D eigenvalue weighted by Gasteiger charge is -2.16. The third-order valence-electron chi connectivity index (χ3n) is 4.54. The van der Waals surface area contributed by atoms with E-state index in [4.69, 9.17) is 18.9 Å². The minimum Gasteiger partial charge on any atom is -0.497 e. The zero-order valence-corrected chi connectivity index (χ0v) is 15.2. The number of ether oxygens (including phenoxy) is 4. The minimum atomic E-state index is -0.364. The third-order valence-corrected chi connectivity index (χ3v) is 4.54. The van der Waals surface area contributed by atoms with Crippen LogP contribution in [0.15, 0.2) is 48.5 Å². The maximum absolute atomic E-state index is 12.1. The Kier molecular flexibility index (Phi) is 5.78. The van der Waals surface area contributed by atoms with Gasteiger partial charge in [-0.1, -0.05) is 24.3 Å². The minimum absolute atomic E-state index is 0.229. The molecule has 0 aromatic heterocycles. The molecule has 0 heterocycles. The zero-order chi connectivity index (χ0) is 18.4. The molecule has 0 unspecified atom stereocenters. The molecule has 26 heavy (non-hydrogen) atoms. The lowest BCUT2D eigenvalue weighted by molar-refractivity contribution is -0.149. The molecule has 1 aliphatic carbocycles. The molecule has 1 aliphatic rings. The van der Waals surface area contributed by atoms with Crippen molar-refractivity contribution in [3.8, 4) is 11.5 Å². The number of hydrogen-bond donors (Lipinski definition) is 0. The first kappa shape index (κ1) is 18.3. The van der Waals surface area contributed by atoms with Crippen molar-refractivity contribution in [2.75, 3.05) is 14.2 Å². The van der Waals surface area contributed by atoms with Gasteiger partial charge in [-0.05, 0) is 48.2 Å². The van der Waals surface area contributed by atoms with Crippen molar-refractivity contribution in [1.82, 2.24) is 0 Å². The van der Waals surface area contributed by atoms with Gasteiger partial charge in [-0.25, -0.2) is 0 Å². The first-order valence-corrected chi connectivity index (χ1v) is 8.68. The number of hydrogen-bond acceptors (Lipinski definition) is 5. The molecule has 138 valence electrons. The van der Waals surface area contributed by atoms with Crippen LogP contribution in [0.25, 0.3) is 0 Å². The summed E-state index contributed by atoms with van der Waals surface area (Å²) in [6.07, 6.45) is 2.07. The Balaban J connectivity index is 1.43. The molecule has 3 rings (SSSR count). The predicted octanol–water partition coefficient (Wildman–Crippen LogP) is 3.89. The van der Waals surface area contributed by atoms with Crippen LogP contribution in [0.1, 0.15) is 30.4 Å². The summed E-state index contributed by atoms with van der Waals surface area (Å²) in [6.45, 7) is 0.743. The van der Waals surface area contributed by atoms with E-state index in [1.54, 1.807) is 14.2 Å². The van der Waals surface area contributed by atoms with Crippen molar-refractivity contribution >= 4 is 5.97 Å². The van der Waals surface area contributed by atoms with E-state index >= 15 is 0 Å². The van der Waals surface area contributed by atoms with Crippen LogP contribution < -0.4 is 9.47 Å². The van der Waals surface area contributed by atoms with Crippen molar-refractivity contribution < 1.29 is 23.7 Å². The summed E-state index contributed by atoms with van der Waals surface area (Å²) in [6, 6.07) is 15.2. The van der Waals surface area contributed by atoms with Crippen LogP contribution in [0.3, 0.4) is 0 Å². The highest BCUT2D eigenvalue weighted by atomic mass is 16.5. The van der Waals surface area contributed by atoms with Crippen LogP contribution in [0, 0.1) is 0 Å². The quantitative estimate of drug-likeness (QED) is 0.638. The van der Waals surface area contributed by atoms with Crippen molar-refractivity contribution in [2.24, 2.45) is 0 Å². The topological polar surface area (TPSA) is 54.0 Å². The van der Waals surface area contributed by atoms with Gasteiger partial charge in [-0.15, -0.1) is 0 Å². The van der Waals surface area contributed by atoms with Gasteiger partial charge in [-0.3, -0.25) is 4.79 Å². The standard InChI is InChI=1S/C21H24O5/c1-23-18-7-3-16(4-8-18)14-25-20(22)13-21(11-12-21)26-15-17-5-9-19(24-2)10-6-17/h3-10H,11-15H2,1-2H3. The van der Waals surface area contributed by atoms with E-state index in [2.05, 4.69) is 0 Å². The average molecular weight is 356 g/mol. The second-order valence-electron chi connectivity index (χ2n) is 6.51. The number of rotatable bonds is 9. The van der Waals surface area contributed by atoms with Crippen LogP contribution in [0.2, 0.25) is 0 Å². The smallest absolute Gasteiger partial charge is 0.309 e. The maximum atomic E-state index is 12.1. The Bertz CT molecular complexity index is 717. The highest BCUT2D eigenvalue weighted by Crippen LogP contribution is 2.43. The summed E-state index contributed by atoms with van der Waals surface area (Å²) in [5.41, 5.74) is 1.63. The van der Waals surface area contributed by atoms with Crippen LogP contribution in [0.4, 0.5) is 0 Å². The Hall–Kier alpha value is -2.53. The molecule has 0 amide bonds. The fraction of sp³-hybridized carbons (Fsp3) is 0.381. The zero-order valence-electron chi connectivity index (χ0n) is 15.2. The van der Waals surface area contributed by atoms with Crippen LogP contribution >= 0.6 is 0 Å². The maximum Gasteiger partial charge on any atom is 0.309 e. The number of methoxy groups -OCH3 is 2. The van der Waals surface area contributed by atoms with E-state index < -0.39 is 0 Å². The van der Waals surface area contributed by atoms with Gasteiger partial charge in [-0.2, -0.15) is 0 Å². The lowest BCUT2D eigenvalue weighted by Crippen LogP contribution is -2.20. The Morgan fingerprint density at radius 1 is 0.846 bits per heavy atom. The molecule has 0 bridgehead atoms. The molecule has 0 radical (unpaired) electrons. The molecule has 0 spiro atoms. The first-order chi connectivity index (χ1) is 12.6. The molecule has 0 aliphatic heterocycles. The average Bonchev–Trinajstić information content (AvgIpc) is 3.45. The molecule has 5 heteroatoms. The Labute approximate surface area is 153 Å².